The second kappa shape index (κ2) is 5.53. The van der Waals surface area contributed by atoms with Crippen molar-refractivity contribution < 1.29 is 21.6 Å². The van der Waals surface area contributed by atoms with E-state index in [4.69, 9.17) is 5.73 Å². The lowest BCUT2D eigenvalue weighted by Gasteiger charge is -2.13. The summed E-state index contributed by atoms with van der Waals surface area (Å²) in [6.45, 7) is 1.80. The van der Waals surface area contributed by atoms with Crippen LogP contribution in [0.2, 0.25) is 0 Å². The third-order valence-corrected chi connectivity index (χ3v) is 4.34. The number of nitrogens with two attached hydrogens (primary N) is 1. The first-order valence-electron chi connectivity index (χ1n) is 6.16. The monoisotopic (exact) mass is 330 g/mol. The largest absolute Gasteiger partial charge is 0.416 e. The second-order valence-corrected chi connectivity index (χ2v) is 6.40. The highest BCUT2D eigenvalue weighted by Gasteiger charge is 2.31. The molecule has 3 N–H and O–H groups in total. The van der Waals surface area contributed by atoms with Crippen molar-refractivity contribution in [1.82, 2.24) is 0 Å². The summed E-state index contributed by atoms with van der Waals surface area (Å²) in [4.78, 5) is -0.00241. The molecule has 0 bridgehead atoms. The molecule has 0 aliphatic rings. The molecule has 0 saturated heterocycles. The van der Waals surface area contributed by atoms with Gasteiger partial charge in [0.15, 0.2) is 0 Å². The first-order valence-corrected chi connectivity index (χ1v) is 7.64. The Morgan fingerprint density at radius 2 is 1.64 bits per heavy atom. The van der Waals surface area contributed by atoms with Gasteiger partial charge in [0.25, 0.3) is 10.0 Å². The zero-order valence-corrected chi connectivity index (χ0v) is 12.3. The van der Waals surface area contributed by atoms with E-state index in [2.05, 4.69) is 4.72 Å². The third-order valence-electron chi connectivity index (χ3n) is 2.95. The van der Waals surface area contributed by atoms with Gasteiger partial charge in [0.05, 0.1) is 21.8 Å². The summed E-state index contributed by atoms with van der Waals surface area (Å²) in [5, 5.41) is 0. The molecule has 2 aromatic carbocycles. The molecule has 0 heterocycles. The quantitative estimate of drug-likeness (QED) is 0.847. The molecule has 0 spiro atoms. The Labute approximate surface area is 125 Å². The Balaban J connectivity index is 2.32. The lowest BCUT2D eigenvalue weighted by molar-refractivity contribution is -0.137. The highest BCUT2D eigenvalue weighted by Crippen LogP contribution is 2.33. The van der Waals surface area contributed by atoms with Crippen LogP contribution in [0.3, 0.4) is 0 Å². The van der Waals surface area contributed by atoms with E-state index in [0.717, 1.165) is 17.7 Å². The van der Waals surface area contributed by atoms with Gasteiger partial charge in [-0.15, -0.1) is 0 Å². The molecule has 0 aromatic heterocycles. The summed E-state index contributed by atoms with van der Waals surface area (Å²) in [6, 6.07) is 8.48. The molecule has 0 unspecified atom stereocenters. The van der Waals surface area contributed by atoms with Crippen molar-refractivity contribution in [2.24, 2.45) is 0 Å². The molecular weight excluding hydrogens is 317 g/mol. The highest BCUT2D eigenvalue weighted by molar-refractivity contribution is 7.92. The predicted octanol–water partition coefficient (Wildman–Crippen LogP) is 3.40. The minimum absolute atomic E-state index is 0.00241. The predicted molar refractivity (Wildman–Crippen MR) is 77.8 cm³/mol. The van der Waals surface area contributed by atoms with Crippen LogP contribution in [0.1, 0.15) is 11.1 Å². The molecular formula is C14H13F3N2O2S. The van der Waals surface area contributed by atoms with E-state index >= 15 is 0 Å². The number of hydrogen-bond acceptors (Lipinski definition) is 3. The highest BCUT2D eigenvalue weighted by atomic mass is 32.2. The number of halogens is 3. The fraction of sp³-hybridized carbons (Fsp3) is 0.143. The van der Waals surface area contributed by atoms with E-state index in [1.54, 1.807) is 19.1 Å². The summed E-state index contributed by atoms with van der Waals surface area (Å²) >= 11 is 0. The van der Waals surface area contributed by atoms with Crippen molar-refractivity contribution in [2.75, 3.05) is 10.5 Å². The van der Waals surface area contributed by atoms with Crippen molar-refractivity contribution in [3.05, 3.63) is 53.6 Å². The molecule has 8 heteroatoms. The van der Waals surface area contributed by atoms with Crippen molar-refractivity contribution in [3.63, 3.8) is 0 Å². The molecule has 0 radical (unpaired) electrons. The van der Waals surface area contributed by atoms with Crippen LogP contribution in [0.25, 0.3) is 0 Å². The average Bonchev–Trinajstić information content (AvgIpc) is 2.40. The van der Waals surface area contributed by atoms with E-state index in [1.165, 1.54) is 12.1 Å². The molecule has 0 amide bonds. The molecule has 2 rings (SSSR count). The van der Waals surface area contributed by atoms with Crippen LogP contribution < -0.4 is 10.5 Å². The third kappa shape index (κ3) is 3.51. The molecule has 118 valence electrons. The van der Waals surface area contributed by atoms with Gasteiger partial charge in [-0.25, -0.2) is 8.42 Å². The minimum atomic E-state index is -4.54. The fourth-order valence-electron chi connectivity index (χ4n) is 1.75. The number of rotatable bonds is 3. The Hall–Kier alpha value is -2.22. The maximum Gasteiger partial charge on any atom is 0.416 e. The molecule has 0 fully saturated rings. The van der Waals surface area contributed by atoms with Gasteiger partial charge in [0, 0.05) is 0 Å². The lowest BCUT2D eigenvalue weighted by atomic mass is 10.2. The van der Waals surface area contributed by atoms with E-state index < -0.39 is 21.8 Å². The molecule has 2 aromatic rings. The maximum absolute atomic E-state index is 12.5. The molecule has 0 atom stereocenters. The van der Waals surface area contributed by atoms with Gasteiger partial charge < -0.3 is 5.73 Å². The minimum Gasteiger partial charge on any atom is -0.397 e. The summed E-state index contributed by atoms with van der Waals surface area (Å²) in [7, 11) is -3.91. The molecule has 0 saturated carbocycles. The molecule has 0 aliphatic heterocycles. The summed E-state index contributed by atoms with van der Waals surface area (Å²) in [5.74, 6) is 0. The number of alkyl halides is 3. The molecule has 4 nitrogen and oxygen atoms in total. The van der Waals surface area contributed by atoms with Gasteiger partial charge in [0.2, 0.25) is 0 Å². The average molecular weight is 330 g/mol. The van der Waals surface area contributed by atoms with E-state index in [0.29, 0.717) is 6.07 Å². The molecule has 22 heavy (non-hydrogen) atoms. The number of anilines is 2. The van der Waals surface area contributed by atoms with Crippen LogP contribution in [-0.2, 0) is 16.2 Å². The number of aryl methyl sites for hydroxylation is 1. The van der Waals surface area contributed by atoms with E-state index in [-0.39, 0.29) is 16.3 Å². The van der Waals surface area contributed by atoms with Crippen molar-refractivity contribution in [1.29, 1.82) is 0 Å². The SMILES string of the molecule is Cc1ccc(S(=O)(=O)Nc2ccc(C(F)(F)F)cc2N)cc1. The number of nitrogens with one attached hydrogen (secondary N) is 1. The van der Waals surface area contributed by atoms with Crippen molar-refractivity contribution in [2.45, 2.75) is 18.0 Å². The van der Waals surface area contributed by atoms with Crippen LogP contribution in [0.4, 0.5) is 24.5 Å². The Kier molecular flexibility index (Phi) is 4.06. The zero-order chi connectivity index (χ0) is 16.5. The maximum atomic E-state index is 12.5. The lowest BCUT2D eigenvalue weighted by Crippen LogP contribution is -2.15. The summed E-state index contributed by atoms with van der Waals surface area (Å²) in [5.41, 5.74) is 5.04. The van der Waals surface area contributed by atoms with Crippen LogP contribution >= 0.6 is 0 Å². The first kappa shape index (κ1) is 16.2. The number of nitrogen functional groups attached to an aromatic ring is 1. The standard InChI is InChI=1S/C14H13F3N2O2S/c1-9-2-5-11(6-3-9)22(20,21)19-13-7-4-10(8-12(13)18)14(15,16)17/h2-8,19H,18H2,1H3. The van der Waals surface area contributed by atoms with Gasteiger partial charge in [0.1, 0.15) is 0 Å². The Morgan fingerprint density at radius 3 is 2.14 bits per heavy atom. The van der Waals surface area contributed by atoms with Crippen LogP contribution in [0.15, 0.2) is 47.4 Å². The number of sulfonamides is 1. The topological polar surface area (TPSA) is 72.2 Å². The van der Waals surface area contributed by atoms with Crippen LogP contribution in [-0.4, -0.2) is 8.42 Å². The van der Waals surface area contributed by atoms with Gasteiger partial charge in [-0.2, -0.15) is 13.2 Å². The number of benzene rings is 2. The Morgan fingerprint density at radius 1 is 1.05 bits per heavy atom. The zero-order valence-electron chi connectivity index (χ0n) is 11.5. The van der Waals surface area contributed by atoms with Gasteiger partial charge in [-0.1, -0.05) is 17.7 Å². The van der Waals surface area contributed by atoms with Crippen molar-refractivity contribution in [3.8, 4) is 0 Å². The van der Waals surface area contributed by atoms with Gasteiger partial charge in [-0.05, 0) is 37.3 Å². The van der Waals surface area contributed by atoms with E-state index in [1.807, 2.05) is 0 Å². The van der Waals surface area contributed by atoms with E-state index in [9.17, 15) is 21.6 Å². The normalized spacial score (nSPS) is 12.2. The fourth-order valence-corrected chi connectivity index (χ4v) is 2.84. The van der Waals surface area contributed by atoms with Crippen LogP contribution in [0, 0.1) is 6.92 Å². The summed E-state index contributed by atoms with van der Waals surface area (Å²) in [6.07, 6.45) is -4.54. The van der Waals surface area contributed by atoms with Crippen LogP contribution in [0.5, 0.6) is 0 Å². The number of hydrogen-bond donors (Lipinski definition) is 2. The van der Waals surface area contributed by atoms with Gasteiger partial charge >= 0.3 is 6.18 Å². The smallest absolute Gasteiger partial charge is 0.397 e. The molecule has 0 aliphatic carbocycles. The first-order chi connectivity index (χ1) is 10.1. The van der Waals surface area contributed by atoms with Crippen molar-refractivity contribution >= 4 is 21.4 Å². The second-order valence-electron chi connectivity index (χ2n) is 4.72. The van der Waals surface area contributed by atoms with Gasteiger partial charge in [-0.3, -0.25) is 4.72 Å². The summed E-state index contributed by atoms with van der Waals surface area (Å²) < 4.78 is 64.1. The Bertz CT molecular complexity index is 785.